The number of ether oxygens (including phenoxy) is 1. The van der Waals surface area contributed by atoms with Gasteiger partial charge in [0.1, 0.15) is 5.75 Å². The second kappa shape index (κ2) is 8.16. The lowest BCUT2D eigenvalue weighted by molar-refractivity contribution is -0.143. The molecule has 7 nitrogen and oxygen atoms in total. The van der Waals surface area contributed by atoms with Crippen molar-refractivity contribution >= 4 is 37.3 Å². The highest BCUT2D eigenvalue weighted by Gasteiger charge is 2.54. The highest BCUT2D eigenvalue weighted by Crippen LogP contribution is 2.56. The van der Waals surface area contributed by atoms with Crippen LogP contribution >= 0.6 is 11.6 Å². The number of hydrogen-bond donors (Lipinski definition) is 2. The van der Waals surface area contributed by atoms with Gasteiger partial charge in [0.15, 0.2) is 11.9 Å². The molecule has 1 aromatic heterocycles. The second-order valence-corrected chi connectivity index (χ2v) is 16.7. The van der Waals surface area contributed by atoms with Crippen molar-refractivity contribution in [2.24, 2.45) is 0 Å². The van der Waals surface area contributed by atoms with Crippen molar-refractivity contribution in [2.75, 3.05) is 5.32 Å². The van der Waals surface area contributed by atoms with Crippen molar-refractivity contribution in [3.05, 3.63) is 40.5 Å². The minimum Gasteiger partial charge on any atom is -0.481 e. The monoisotopic (exact) mass is 488 g/mol. The van der Waals surface area contributed by atoms with E-state index in [4.69, 9.17) is 16.3 Å². The van der Waals surface area contributed by atoms with E-state index >= 15 is 0 Å². The molecule has 33 heavy (non-hydrogen) atoms. The Kier molecular flexibility index (Phi) is 5.89. The maximum Gasteiger partial charge on any atom is 0.264 e. The SMILES string of the molecule is CC(Oc1ccc(Cl)cc1)C(=O)N1Cc2c(NC(=O)C3([Si](C)(C)C)CCC3)n[nH]c2C1(C)C. The summed E-state index contributed by atoms with van der Waals surface area (Å²) in [7, 11) is -1.70. The van der Waals surface area contributed by atoms with Gasteiger partial charge in [0, 0.05) is 15.6 Å². The first-order chi connectivity index (χ1) is 15.4. The number of aromatic nitrogens is 2. The molecule has 1 aromatic carbocycles. The van der Waals surface area contributed by atoms with Gasteiger partial charge in [-0.1, -0.05) is 37.7 Å². The number of fused-ring (bicyclic) bond motifs is 1. The van der Waals surface area contributed by atoms with Crippen LogP contribution in [0, 0.1) is 0 Å². The van der Waals surface area contributed by atoms with Crippen molar-refractivity contribution in [3.8, 4) is 5.75 Å². The number of anilines is 1. The van der Waals surface area contributed by atoms with E-state index in [9.17, 15) is 9.59 Å². The van der Waals surface area contributed by atoms with Crippen molar-refractivity contribution in [3.63, 3.8) is 0 Å². The van der Waals surface area contributed by atoms with Crippen LogP contribution in [0.1, 0.15) is 51.3 Å². The van der Waals surface area contributed by atoms with E-state index in [0.29, 0.717) is 23.1 Å². The Balaban J connectivity index is 1.51. The summed E-state index contributed by atoms with van der Waals surface area (Å²) >= 11 is 5.94. The zero-order valence-electron chi connectivity index (χ0n) is 20.2. The first-order valence-electron chi connectivity index (χ1n) is 11.5. The van der Waals surface area contributed by atoms with Crippen LogP contribution in [-0.2, 0) is 21.7 Å². The Morgan fingerprint density at radius 1 is 1.21 bits per heavy atom. The summed E-state index contributed by atoms with van der Waals surface area (Å²) in [5, 5.41) is 11.0. The van der Waals surface area contributed by atoms with Crippen LogP contribution in [0.3, 0.4) is 0 Å². The number of carbonyl (C=O) groups excluding carboxylic acids is 2. The number of hydrogen-bond acceptors (Lipinski definition) is 4. The van der Waals surface area contributed by atoms with Gasteiger partial charge in [-0.05, 0) is 57.9 Å². The molecule has 0 saturated heterocycles. The summed E-state index contributed by atoms with van der Waals surface area (Å²) in [6.45, 7) is 12.8. The second-order valence-electron chi connectivity index (χ2n) is 10.8. The van der Waals surface area contributed by atoms with Crippen LogP contribution in [0.4, 0.5) is 5.82 Å². The van der Waals surface area contributed by atoms with Gasteiger partial charge < -0.3 is 15.0 Å². The molecule has 0 bridgehead atoms. The van der Waals surface area contributed by atoms with E-state index in [0.717, 1.165) is 30.5 Å². The Morgan fingerprint density at radius 3 is 2.39 bits per heavy atom. The molecule has 1 aliphatic carbocycles. The Labute approximate surface area is 201 Å². The summed E-state index contributed by atoms with van der Waals surface area (Å²) in [6, 6.07) is 6.95. The van der Waals surface area contributed by atoms with Gasteiger partial charge in [-0.15, -0.1) is 0 Å². The lowest BCUT2D eigenvalue weighted by atomic mass is 9.83. The van der Waals surface area contributed by atoms with Crippen LogP contribution in [0.5, 0.6) is 5.75 Å². The molecule has 1 aliphatic heterocycles. The molecule has 4 rings (SSSR count). The van der Waals surface area contributed by atoms with Gasteiger partial charge in [-0.2, -0.15) is 5.10 Å². The first kappa shape index (κ1) is 23.8. The summed E-state index contributed by atoms with van der Waals surface area (Å²) in [4.78, 5) is 28.5. The predicted molar refractivity (Wildman–Crippen MR) is 132 cm³/mol. The Morgan fingerprint density at radius 2 is 1.85 bits per heavy atom. The number of amides is 2. The average Bonchev–Trinajstić information content (AvgIpc) is 3.19. The number of H-pyrrole nitrogens is 1. The fourth-order valence-corrected chi connectivity index (χ4v) is 7.76. The highest BCUT2D eigenvalue weighted by molar-refractivity contribution is 6.83. The number of nitrogens with one attached hydrogen (secondary N) is 2. The standard InChI is InChI=1S/C24H33ClN4O3Si/c1-15(32-17-10-8-16(25)9-11-17)21(30)29-14-18-19(23(29,2)3)27-28-20(18)26-22(31)24(12-7-13-24)33(4,5)6/h8-11,15H,7,12-14H2,1-6H3,(H2,26,27,28,31). The van der Waals surface area contributed by atoms with Gasteiger partial charge in [0.25, 0.3) is 5.91 Å². The number of aromatic amines is 1. The van der Waals surface area contributed by atoms with Gasteiger partial charge in [-0.3, -0.25) is 14.7 Å². The fourth-order valence-electron chi connectivity index (χ4n) is 5.03. The third-order valence-electron chi connectivity index (χ3n) is 7.52. The molecule has 1 fully saturated rings. The molecule has 2 N–H and O–H groups in total. The molecule has 2 aromatic rings. The van der Waals surface area contributed by atoms with Crippen LogP contribution in [-0.4, -0.2) is 41.1 Å². The molecule has 178 valence electrons. The molecule has 2 heterocycles. The van der Waals surface area contributed by atoms with E-state index in [-0.39, 0.29) is 16.9 Å². The van der Waals surface area contributed by atoms with E-state index in [1.807, 2.05) is 13.8 Å². The van der Waals surface area contributed by atoms with E-state index < -0.39 is 19.7 Å². The van der Waals surface area contributed by atoms with Crippen molar-refractivity contribution in [1.29, 1.82) is 0 Å². The van der Waals surface area contributed by atoms with Crippen LogP contribution in [0.2, 0.25) is 29.7 Å². The number of rotatable bonds is 6. The first-order valence-corrected chi connectivity index (χ1v) is 15.4. The topological polar surface area (TPSA) is 87.3 Å². The molecule has 1 unspecified atom stereocenters. The molecular formula is C24H33ClN4O3Si. The Bertz CT molecular complexity index is 1070. The maximum atomic E-state index is 13.3. The van der Waals surface area contributed by atoms with Crippen molar-refractivity contribution in [1.82, 2.24) is 15.1 Å². The molecule has 1 saturated carbocycles. The van der Waals surface area contributed by atoms with Gasteiger partial charge >= 0.3 is 0 Å². The molecule has 0 radical (unpaired) electrons. The molecule has 1 atom stereocenters. The van der Waals surface area contributed by atoms with Crippen LogP contribution < -0.4 is 10.1 Å². The van der Waals surface area contributed by atoms with E-state index in [2.05, 4.69) is 35.2 Å². The highest BCUT2D eigenvalue weighted by atomic mass is 35.5. The zero-order chi connectivity index (χ0) is 24.2. The number of nitrogens with zero attached hydrogens (tertiary/aromatic N) is 2. The lowest BCUT2D eigenvalue weighted by Gasteiger charge is -2.48. The molecule has 9 heteroatoms. The van der Waals surface area contributed by atoms with Crippen molar-refractivity contribution in [2.45, 2.75) is 82.9 Å². The summed E-state index contributed by atoms with van der Waals surface area (Å²) in [6.07, 6.45) is 2.30. The fraction of sp³-hybridized carbons (Fsp3) is 0.542. The average molecular weight is 489 g/mol. The number of carbonyl (C=O) groups is 2. The zero-order valence-corrected chi connectivity index (χ0v) is 22.0. The molecule has 2 amide bonds. The summed E-state index contributed by atoms with van der Waals surface area (Å²) in [5.74, 6) is 1.07. The van der Waals surface area contributed by atoms with Crippen LogP contribution in [0.25, 0.3) is 0 Å². The Hall–Kier alpha value is -2.32. The lowest BCUT2D eigenvalue weighted by Crippen LogP contribution is -2.52. The van der Waals surface area contributed by atoms with Gasteiger partial charge in [0.2, 0.25) is 5.91 Å². The van der Waals surface area contributed by atoms with Crippen LogP contribution in [0.15, 0.2) is 24.3 Å². The number of halogens is 1. The minimum atomic E-state index is -1.70. The third-order valence-corrected chi connectivity index (χ3v) is 11.4. The largest absolute Gasteiger partial charge is 0.481 e. The summed E-state index contributed by atoms with van der Waals surface area (Å²) < 4.78 is 5.87. The normalized spacial score (nSPS) is 19.4. The van der Waals surface area contributed by atoms with Crippen molar-refractivity contribution < 1.29 is 14.3 Å². The van der Waals surface area contributed by atoms with Gasteiger partial charge in [-0.25, -0.2) is 0 Å². The van der Waals surface area contributed by atoms with Gasteiger partial charge in [0.05, 0.1) is 25.9 Å². The van der Waals surface area contributed by atoms with E-state index in [1.165, 1.54) is 0 Å². The number of benzene rings is 1. The smallest absolute Gasteiger partial charge is 0.264 e. The summed E-state index contributed by atoms with van der Waals surface area (Å²) in [5.41, 5.74) is 1.11. The van der Waals surface area contributed by atoms with E-state index in [1.54, 1.807) is 36.1 Å². The third kappa shape index (κ3) is 3.97. The molecular weight excluding hydrogens is 456 g/mol. The quantitative estimate of drug-likeness (QED) is 0.539. The molecule has 0 spiro atoms. The molecule has 2 aliphatic rings. The predicted octanol–water partition coefficient (Wildman–Crippen LogP) is 5.31. The minimum absolute atomic E-state index is 0.0734. The maximum absolute atomic E-state index is 13.3.